The molecule has 0 radical (unpaired) electrons. The molecule has 0 aliphatic carbocycles. The maximum atomic E-state index is 12.6. The Kier molecular flexibility index (Phi) is 7.53. The summed E-state index contributed by atoms with van der Waals surface area (Å²) in [7, 11) is 0. The Morgan fingerprint density at radius 3 is 2.38 bits per heavy atom. The van der Waals surface area contributed by atoms with Gasteiger partial charge in [0, 0.05) is 23.6 Å². The zero-order valence-corrected chi connectivity index (χ0v) is 14.2. The third kappa shape index (κ3) is 6.77. The van der Waals surface area contributed by atoms with Gasteiger partial charge in [-0.05, 0) is 25.5 Å². The third-order valence-corrected chi connectivity index (χ3v) is 4.27. The monoisotopic (exact) mass is 364 g/mol. The van der Waals surface area contributed by atoms with Gasteiger partial charge in [0.1, 0.15) is 6.54 Å². The van der Waals surface area contributed by atoms with E-state index in [-0.39, 0.29) is 12.2 Å². The molecule has 0 spiro atoms. The molecule has 1 atom stereocenters. The zero-order chi connectivity index (χ0) is 18.3. The second-order valence-electron chi connectivity index (χ2n) is 5.24. The topological polar surface area (TPSA) is 63.5 Å². The first-order valence-corrected chi connectivity index (χ1v) is 8.28. The van der Waals surface area contributed by atoms with Gasteiger partial charge in [0.2, 0.25) is 5.91 Å². The van der Waals surface area contributed by atoms with E-state index in [0.717, 1.165) is 16.7 Å². The van der Waals surface area contributed by atoms with E-state index in [2.05, 4.69) is 0 Å². The first-order valence-electron chi connectivity index (χ1n) is 7.40. The lowest BCUT2D eigenvalue weighted by molar-refractivity contribution is -0.384. The SMILES string of the molecule is CCCCN(CC(F)(F)F)C(=O)C(C)Sc1ccc([N+](=O)[O-])cc1. The summed E-state index contributed by atoms with van der Waals surface area (Å²) in [6.07, 6.45) is -3.26. The molecule has 0 saturated heterocycles. The second-order valence-corrected chi connectivity index (χ2v) is 6.65. The van der Waals surface area contributed by atoms with Crippen LogP contribution in [0.2, 0.25) is 0 Å². The first kappa shape index (κ1) is 20.3. The van der Waals surface area contributed by atoms with E-state index in [1.165, 1.54) is 31.2 Å². The molecule has 134 valence electrons. The highest BCUT2D eigenvalue weighted by atomic mass is 32.2. The molecule has 1 aromatic rings. The van der Waals surface area contributed by atoms with E-state index in [1.807, 2.05) is 6.92 Å². The van der Waals surface area contributed by atoms with Crippen LogP contribution in [0, 0.1) is 10.1 Å². The Bertz CT molecular complexity index is 564. The second kappa shape index (κ2) is 8.91. The fourth-order valence-electron chi connectivity index (χ4n) is 1.99. The van der Waals surface area contributed by atoms with Crippen LogP contribution in [0.1, 0.15) is 26.7 Å². The minimum Gasteiger partial charge on any atom is -0.333 e. The number of amides is 1. The smallest absolute Gasteiger partial charge is 0.333 e. The highest BCUT2D eigenvalue weighted by molar-refractivity contribution is 8.00. The molecule has 5 nitrogen and oxygen atoms in total. The Hall–Kier alpha value is -1.77. The molecular weight excluding hydrogens is 345 g/mol. The van der Waals surface area contributed by atoms with Crippen molar-refractivity contribution in [2.24, 2.45) is 0 Å². The fraction of sp³-hybridized carbons (Fsp3) is 0.533. The normalized spacial score (nSPS) is 12.7. The standard InChI is InChI=1S/C15H19F3N2O3S/c1-3-4-9-19(10-15(16,17)18)14(21)11(2)24-13-7-5-12(6-8-13)20(22)23/h5-8,11H,3-4,9-10H2,1-2H3. The van der Waals surface area contributed by atoms with Crippen molar-refractivity contribution in [3.63, 3.8) is 0 Å². The number of nitro benzene ring substituents is 1. The summed E-state index contributed by atoms with van der Waals surface area (Å²) in [6, 6.07) is 5.55. The van der Waals surface area contributed by atoms with Crippen LogP contribution in [0.25, 0.3) is 0 Å². The number of hydrogen-bond donors (Lipinski definition) is 0. The maximum absolute atomic E-state index is 12.6. The molecule has 1 rings (SSSR count). The number of nitrogens with zero attached hydrogens (tertiary/aromatic N) is 2. The van der Waals surface area contributed by atoms with E-state index in [4.69, 9.17) is 0 Å². The summed E-state index contributed by atoms with van der Waals surface area (Å²) in [6.45, 7) is 2.16. The largest absolute Gasteiger partial charge is 0.406 e. The molecule has 0 aliphatic heterocycles. The van der Waals surface area contributed by atoms with Crippen molar-refractivity contribution in [3.05, 3.63) is 34.4 Å². The predicted molar refractivity (Wildman–Crippen MR) is 86.0 cm³/mol. The van der Waals surface area contributed by atoms with Gasteiger partial charge < -0.3 is 4.90 Å². The Morgan fingerprint density at radius 2 is 1.92 bits per heavy atom. The summed E-state index contributed by atoms with van der Waals surface area (Å²) in [5, 5.41) is 9.88. The van der Waals surface area contributed by atoms with Gasteiger partial charge in [0.25, 0.3) is 5.69 Å². The van der Waals surface area contributed by atoms with Crippen molar-refractivity contribution < 1.29 is 22.9 Å². The van der Waals surface area contributed by atoms with Gasteiger partial charge in [-0.15, -0.1) is 11.8 Å². The van der Waals surface area contributed by atoms with Crippen molar-refractivity contribution in [1.82, 2.24) is 4.90 Å². The van der Waals surface area contributed by atoms with Crippen LogP contribution < -0.4 is 0 Å². The molecule has 0 bridgehead atoms. The summed E-state index contributed by atoms with van der Waals surface area (Å²) < 4.78 is 37.9. The lowest BCUT2D eigenvalue weighted by atomic mass is 10.3. The number of hydrogen-bond acceptors (Lipinski definition) is 4. The van der Waals surface area contributed by atoms with E-state index in [9.17, 15) is 28.1 Å². The van der Waals surface area contributed by atoms with Gasteiger partial charge in [0.05, 0.1) is 10.2 Å². The lowest BCUT2D eigenvalue weighted by Gasteiger charge is -2.26. The number of benzene rings is 1. The fourth-order valence-corrected chi connectivity index (χ4v) is 2.94. The number of rotatable bonds is 8. The Morgan fingerprint density at radius 1 is 1.33 bits per heavy atom. The van der Waals surface area contributed by atoms with Crippen LogP contribution in [0.5, 0.6) is 0 Å². The van der Waals surface area contributed by atoms with Crippen LogP contribution in [0.4, 0.5) is 18.9 Å². The summed E-state index contributed by atoms with van der Waals surface area (Å²) in [4.78, 5) is 23.8. The highest BCUT2D eigenvalue weighted by Gasteiger charge is 2.34. The van der Waals surface area contributed by atoms with Gasteiger partial charge in [-0.3, -0.25) is 14.9 Å². The summed E-state index contributed by atoms with van der Waals surface area (Å²) >= 11 is 1.08. The van der Waals surface area contributed by atoms with E-state index in [1.54, 1.807) is 0 Å². The van der Waals surface area contributed by atoms with E-state index >= 15 is 0 Å². The molecule has 1 unspecified atom stereocenters. The van der Waals surface area contributed by atoms with Crippen LogP contribution in [-0.2, 0) is 4.79 Å². The number of unbranched alkanes of at least 4 members (excludes halogenated alkanes) is 1. The van der Waals surface area contributed by atoms with Crippen molar-refractivity contribution in [2.45, 2.75) is 43.0 Å². The van der Waals surface area contributed by atoms with Gasteiger partial charge in [-0.2, -0.15) is 13.2 Å². The molecule has 0 saturated carbocycles. The molecule has 9 heteroatoms. The highest BCUT2D eigenvalue weighted by Crippen LogP contribution is 2.27. The number of alkyl halides is 3. The summed E-state index contributed by atoms with van der Waals surface area (Å²) in [5.74, 6) is -0.593. The third-order valence-electron chi connectivity index (χ3n) is 3.17. The van der Waals surface area contributed by atoms with Crippen LogP contribution >= 0.6 is 11.8 Å². The molecule has 0 aromatic heterocycles. The van der Waals surface area contributed by atoms with Crippen LogP contribution in [-0.4, -0.2) is 40.2 Å². The quantitative estimate of drug-likeness (QED) is 0.393. The average Bonchev–Trinajstić information content (AvgIpc) is 2.50. The van der Waals surface area contributed by atoms with Gasteiger partial charge in [0.15, 0.2) is 0 Å². The van der Waals surface area contributed by atoms with Gasteiger partial charge in [-0.25, -0.2) is 0 Å². The number of carbonyl (C=O) groups is 1. The minimum atomic E-state index is -4.44. The average molecular weight is 364 g/mol. The molecule has 0 aliphatic rings. The molecule has 0 N–H and O–H groups in total. The molecule has 1 aromatic carbocycles. The van der Waals surface area contributed by atoms with E-state index in [0.29, 0.717) is 17.7 Å². The number of carbonyl (C=O) groups excluding carboxylic acids is 1. The summed E-state index contributed by atoms with van der Waals surface area (Å²) in [5.41, 5.74) is -0.0834. The lowest BCUT2D eigenvalue weighted by Crippen LogP contribution is -2.43. The molecule has 24 heavy (non-hydrogen) atoms. The maximum Gasteiger partial charge on any atom is 0.406 e. The molecular formula is C15H19F3N2O3S. The van der Waals surface area contributed by atoms with Crippen molar-refractivity contribution in [1.29, 1.82) is 0 Å². The number of thioether (sulfide) groups is 1. The molecule has 0 fully saturated rings. The van der Waals surface area contributed by atoms with Crippen molar-refractivity contribution >= 4 is 23.4 Å². The predicted octanol–water partition coefficient (Wildman–Crippen LogP) is 4.27. The van der Waals surface area contributed by atoms with Crippen LogP contribution in [0.15, 0.2) is 29.2 Å². The number of non-ortho nitro benzene ring substituents is 1. The van der Waals surface area contributed by atoms with Crippen molar-refractivity contribution in [2.75, 3.05) is 13.1 Å². The number of nitro groups is 1. The van der Waals surface area contributed by atoms with Gasteiger partial charge >= 0.3 is 6.18 Å². The zero-order valence-electron chi connectivity index (χ0n) is 13.4. The Labute approximate surface area is 142 Å². The molecule has 0 heterocycles. The molecule has 1 amide bonds. The van der Waals surface area contributed by atoms with Gasteiger partial charge in [-0.1, -0.05) is 13.3 Å². The van der Waals surface area contributed by atoms with E-state index < -0.39 is 28.8 Å². The Balaban J connectivity index is 2.76. The minimum absolute atomic E-state index is 0.0556. The van der Waals surface area contributed by atoms with Crippen LogP contribution in [0.3, 0.4) is 0 Å². The first-order chi connectivity index (χ1) is 11.1. The number of halogens is 3. The van der Waals surface area contributed by atoms with Crippen molar-refractivity contribution in [3.8, 4) is 0 Å².